The number of unbranched alkanes of at least 4 members (excludes halogenated alkanes) is 28. The summed E-state index contributed by atoms with van der Waals surface area (Å²) in [6, 6.07) is -0.859. The van der Waals surface area contributed by atoms with Crippen molar-refractivity contribution in [2.24, 2.45) is 5.73 Å². The van der Waals surface area contributed by atoms with Crippen LogP contribution in [0.15, 0.2) is 0 Å². The lowest BCUT2D eigenvalue weighted by Gasteiger charge is -2.18. The van der Waals surface area contributed by atoms with Crippen molar-refractivity contribution in [3.05, 3.63) is 0 Å². The first-order valence-electron chi connectivity index (χ1n) is 22.9. The van der Waals surface area contributed by atoms with Crippen molar-refractivity contribution in [1.29, 1.82) is 0 Å². The molecule has 0 aromatic rings. The number of nitrogens with two attached hydrogens (primary N) is 1. The number of ether oxygens (including phenoxy) is 1. The van der Waals surface area contributed by atoms with E-state index in [1.54, 1.807) is 0 Å². The number of hydrogen-bond acceptors (Lipinski definition) is 5. The van der Waals surface area contributed by atoms with Gasteiger partial charge in [0.1, 0.15) is 12.1 Å². The fraction of sp³-hybridized carbons (Fsp3) is 0.933. The second-order valence-corrected chi connectivity index (χ2v) is 15.8. The molecule has 7 nitrogen and oxygen atoms in total. The smallest absolute Gasteiger partial charge is 0.326 e. The Kier molecular flexibility index (Phi) is 39.3. The molecule has 0 fully saturated rings. The Hall–Kier alpha value is -1.63. The molecule has 0 saturated carbocycles. The molecule has 52 heavy (non-hydrogen) atoms. The lowest BCUT2D eigenvalue weighted by molar-refractivity contribution is -0.150. The number of nitrogens with one attached hydrogen (secondary N) is 1. The number of amides is 1. The number of esters is 1. The number of carboxylic acid groups (broad SMARTS) is 1. The first-order chi connectivity index (χ1) is 25.4. The van der Waals surface area contributed by atoms with E-state index < -0.39 is 12.0 Å². The topological polar surface area (TPSA) is 119 Å². The summed E-state index contributed by atoms with van der Waals surface area (Å²) in [6.45, 7) is 4.91. The van der Waals surface area contributed by atoms with Crippen LogP contribution in [0.4, 0.5) is 0 Å². The van der Waals surface area contributed by atoms with E-state index in [9.17, 15) is 19.5 Å². The summed E-state index contributed by atoms with van der Waals surface area (Å²) in [6.07, 6.45) is 43.4. The van der Waals surface area contributed by atoms with Crippen LogP contribution in [0.25, 0.3) is 0 Å². The van der Waals surface area contributed by atoms with Gasteiger partial charge in [-0.15, -0.1) is 0 Å². The molecule has 0 heterocycles. The summed E-state index contributed by atoms with van der Waals surface area (Å²) in [4.78, 5) is 36.2. The lowest BCUT2D eigenvalue weighted by Crippen LogP contribution is -2.40. The van der Waals surface area contributed by atoms with Crippen molar-refractivity contribution in [3.8, 4) is 0 Å². The first kappa shape index (κ1) is 50.4. The van der Waals surface area contributed by atoms with E-state index in [0.29, 0.717) is 32.2 Å². The minimum Gasteiger partial charge on any atom is -0.480 e. The fourth-order valence-corrected chi connectivity index (χ4v) is 7.22. The summed E-state index contributed by atoms with van der Waals surface area (Å²) in [5, 5.41) is 11.9. The Balaban J connectivity index is 3.80. The SMILES string of the molecule is CCCCCCCCCCCCCCCCCCCCCCCCCC(=O)OC(CCCCCC)CCCCCCC(=O)NC(CCCN)C(=O)O. The van der Waals surface area contributed by atoms with Gasteiger partial charge in [-0.25, -0.2) is 4.79 Å². The van der Waals surface area contributed by atoms with Gasteiger partial charge < -0.3 is 20.9 Å². The number of carbonyl (C=O) groups excluding carboxylic acids is 2. The van der Waals surface area contributed by atoms with Crippen LogP contribution in [-0.4, -0.2) is 41.6 Å². The molecule has 7 heteroatoms. The first-order valence-corrected chi connectivity index (χ1v) is 22.9. The number of aliphatic carboxylic acids is 1. The third kappa shape index (κ3) is 36.7. The van der Waals surface area contributed by atoms with Crippen LogP contribution >= 0.6 is 0 Å². The van der Waals surface area contributed by atoms with E-state index in [2.05, 4.69) is 19.2 Å². The van der Waals surface area contributed by atoms with Crippen LogP contribution in [0.2, 0.25) is 0 Å². The molecule has 0 aliphatic rings. The van der Waals surface area contributed by atoms with E-state index in [1.807, 2.05) is 0 Å². The second-order valence-electron chi connectivity index (χ2n) is 15.8. The third-order valence-electron chi connectivity index (χ3n) is 10.7. The zero-order chi connectivity index (χ0) is 38.2. The van der Waals surface area contributed by atoms with Crippen LogP contribution in [0.5, 0.6) is 0 Å². The van der Waals surface area contributed by atoms with Gasteiger partial charge in [0, 0.05) is 12.8 Å². The maximum atomic E-state index is 12.7. The van der Waals surface area contributed by atoms with Crippen molar-refractivity contribution >= 4 is 17.8 Å². The predicted octanol–water partition coefficient (Wildman–Crippen LogP) is 12.9. The van der Waals surface area contributed by atoms with Crippen LogP contribution in [0.1, 0.15) is 251 Å². The Labute approximate surface area is 322 Å². The molecular weight excluding hydrogens is 649 g/mol. The van der Waals surface area contributed by atoms with Gasteiger partial charge in [0.05, 0.1) is 0 Å². The largest absolute Gasteiger partial charge is 0.480 e. The highest BCUT2D eigenvalue weighted by Gasteiger charge is 2.19. The van der Waals surface area contributed by atoms with E-state index in [4.69, 9.17) is 10.5 Å². The van der Waals surface area contributed by atoms with Crippen molar-refractivity contribution in [2.75, 3.05) is 6.54 Å². The second kappa shape index (κ2) is 40.6. The van der Waals surface area contributed by atoms with Crippen molar-refractivity contribution in [2.45, 2.75) is 264 Å². The van der Waals surface area contributed by atoms with Gasteiger partial charge >= 0.3 is 11.9 Å². The van der Waals surface area contributed by atoms with Crippen molar-refractivity contribution in [3.63, 3.8) is 0 Å². The highest BCUT2D eigenvalue weighted by atomic mass is 16.5. The molecule has 0 aromatic carbocycles. The van der Waals surface area contributed by atoms with Crippen LogP contribution in [0, 0.1) is 0 Å². The van der Waals surface area contributed by atoms with E-state index in [0.717, 1.165) is 57.8 Å². The molecule has 2 unspecified atom stereocenters. The van der Waals surface area contributed by atoms with Crippen molar-refractivity contribution < 1.29 is 24.2 Å². The lowest BCUT2D eigenvalue weighted by atomic mass is 10.0. The van der Waals surface area contributed by atoms with E-state index >= 15 is 0 Å². The normalized spacial score (nSPS) is 12.5. The van der Waals surface area contributed by atoms with Crippen LogP contribution in [0.3, 0.4) is 0 Å². The summed E-state index contributed by atoms with van der Waals surface area (Å²) >= 11 is 0. The maximum Gasteiger partial charge on any atom is 0.326 e. The zero-order valence-corrected chi connectivity index (χ0v) is 34.7. The summed E-state index contributed by atoms with van der Waals surface area (Å²) in [7, 11) is 0. The number of rotatable bonds is 42. The van der Waals surface area contributed by atoms with Gasteiger partial charge in [-0.05, 0) is 57.9 Å². The average molecular weight is 737 g/mol. The molecule has 2 atom stereocenters. The van der Waals surface area contributed by atoms with Gasteiger partial charge in [0.25, 0.3) is 0 Å². The number of hydrogen-bond donors (Lipinski definition) is 3. The highest BCUT2D eigenvalue weighted by molar-refractivity contribution is 5.83. The highest BCUT2D eigenvalue weighted by Crippen LogP contribution is 2.19. The number of carbonyl (C=O) groups is 3. The molecule has 0 aliphatic heterocycles. The van der Waals surface area contributed by atoms with Gasteiger partial charge in [0.15, 0.2) is 0 Å². The fourth-order valence-electron chi connectivity index (χ4n) is 7.22. The average Bonchev–Trinajstić information content (AvgIpc) is 3.13. The molecule has 0 aromatic heterocycles. The molecular formula is C45H88N2O5. The van der Waals surface area contributed by atoms with Crippen LogP contribution in [-0.2, 0) is 19.1 Å². The van der Waals surface area contributed by atoms with E-state index in [-0.39, 0.29) is 18.0 Å². The molecule has 4 N–H and O–H groups in total. The zero-order valence-electron chi connectivity index (χ0n) is 34.7. The molecule has 0 rings (SSSR count). The van der Waals surface area contributed by atoms with Gasteiger partial charge in [0.2, 0.25) is 5.91 Å². The number of carboxylic acids is 1. The molecule has 308 valence electrons. The van der Waals surface area contributed by atoms with Crippen LogP contribution < -0.4 is 11.1 Å². The monoisotopic (exact) mass is 737 g/mol. The Morgan fingerprint density at radius 1 is 0.481 bits per heavy atom. The summed E-state index contributed by atoms with van der Waals surface area (Å²) in [5.74, 6) is -1.26. The van der Waals surface area contributed by atoms with Gasteiger partial charge in [-0.1, -0.05) is 187 Å². The van der Waals surface area contributed by atoms with Gasteiger partial charge in [-0.2, -0.15) is 0 Å². The molecule has 0 spiro atoms. The Bertz CT molecular complexity index is 792. The Morgan fingerprint density at radius 2 is 0.827 bits per heavy atom. The maximum absolute atomic E-state index is 12.7. The third-order valence-corrected chi connectivity index (χ3v) is 10.7. The van der Waals surface area contributed by atoms with Crippen molar-refractivity contribution in [1.82, 2.24) is 5.32 Å². The standard InChI is InChI=1S/C45H88N2O5/c1-3-5-7-9-10-11-12-13-14-15-16-17-18-19-20-21-22-23-24-25-26-27-33-39-44(49)52-41(35-30-8-6-4-2)36-31-28-29-32-38-43(48)47-42(45(50)51)37-34-40-46/h41-42H,3-40,46H2,1-2H3,(H,47,48)(H,50,51). The quantitative estimate of drug-likeness (QED) is 0.0424. The predicted molar refractivity (Wildman–Crippen MR) is 221 cm³/mol. The summed E-state index contributed by atoms with van der Waals surface area (Å²) < 4.78 is 5.96. The summed E-state index contributed by atoms with van der Waals surface area (Å²) in [5.41, 5.74) is 5.47. The Morgan fingerprint density at radius 3 is 1.21 bits per heavy atom. The van der Waals surface area contributed by atoms with E-state index in [1.165, 1.54) is 154 Å². The molecule has 0 bridgehead atoms. The molecule has 0 saturated heterocycles. The minimum absolute atomic E-state index is 0.00365. The molecule has 0 aliphatic carbocycles. The molecule has 1 amide bonds. The minimum atomic E-state index is -1.01. The molecule has 0 radical (unpaired) electrons. The van der Waals surface area contributed by atoms with Gasteiger partial charge in [-0.3, -0.25) is 9.59 Å².